The minimum Gasteiger partial charge on any atom is -0.444 e. The average Bonchev–Trinajstić information content (AvgIpc) is 3.63. The maximum absolute atomic E-state index is 14.3. The quantitative estimate of drug-likeness (QED) is 0.288. The molecule has 2 aliphatic carbocycles. The van der Waals surface area contributed by atoms with Crippen LogP contribution in [0.1, 0.15) is 83.3 Å². The smallest absolute Gasteiger partial charge is 0.412 e. The predicted octanol–water partition coefficient (Wildman–Crippen LogP) is 6.52. The first-order valence-electron chi connectivity index (χ1n) is 15.5. The molecule has 2 aromatic rings. The van der Waals surface area contributed by atoms with Gasteiger partial charge >= 0.3 is 6.09 Å². The number of hydrogen-bond donors (Lipinski definition) is 3. The van der Waals surface area contributed by atoms with Crippen LogP contribution in [-0.2, 0) is 25.7 Å². The summed E-state index contributed by atoms with van der Waals surface area (Å²) in [5.41, 5.74) is 1.18. The second kappa shape index (κ2) is 12.9. The summed E-state index contributed by atoms with van der Waals surface area (Å²) in [4.78, 5) is 42.1. The molecule has 2 aromatic carbocycles. The van der Waals surface area contributed by atoms with E-state index in [0.717, 1.165) is 56.7 Å². The fraction of sp³-hybridized carbons (Fsp3) is 0.529. The van der Waals surface area contributed by atoms with Crippen LogP contribution in [0.4, 0.5) is 16.2 Å². The maximum Gasteiger partial charge on any atom is 0.412 e. The number of carbonyl (C=O) groups is 3. The van der Waals surface area contributed by atoms with Crippen molar-refractivity contribution >= 4 is 35.5 Å². The summed E-state index contributed by atoms with van der Waals surface area (Å²) in [7, 11) is 0. The molecule has 3 N–H and O–H groups in total. The average molecular weight is 589 g/mol. The third-order valence-electron chi connectivity index (χ3n) is 9.09. The number of amides is 3. The molecule has 9 nitrogen and oxygen atoms in total. The molecule has 1 saturated heterocycles. The zero-order chi connectivity index (χ0) is 30.6. The van der Waals surface area contributed by atoms with Gasteiger partial charge in [0.05, 0.1) is 29.5 Å². The van der Waals surface area contributed by atoms with Crippen LogP contribution in [0, 0.1) is 16.7 Å². The van der Waals surface area contributed by atoms with Crippen molar-refractivity contribution in [1.82, 2.24) is 4.90 Å². The van der Waals surface area contributed by atoms with Crippen molar-refractivity contribution in [2.45, 2.75) is 96.5 Å². The molecular weight excluding hydrogens is 544 g/mol. The highest BCUT2D eigenvalue weighted by atomic mass is 16.6. The van der Waals surface area contributed by atoms with E-state index in [0.29, 0.717) is 36.5 Å². The van der Waals surface area contributed by atoms with E-state index in [1.807, 2.05) is 23.1 Å². The first-order valence-corrected chi connectivity index (χ1v) is 15.5. The fourth-order valence-corrected chi connectivity index (χ4v) is 6.88. The molecule has 3 aliphatic rings. The highest BCUT2D eigenvalue weighted by molar-refractivity contribution is 6.05. The van der Waals surface area contributed by atoms with Gasteiger partial charge in [-0.25, -0.2) is 4.79 Å². The van der Waals surface area contributed by atoms with E-state index in [1.165, 1.54) is 0 Å². The summed E-state index contributed by atoms with van der Waals surface area (Å²) in [5.74, 6) is 0.115. The number of ether oxygens (including phenoxy) is 2. The molecule has 1 atom stereocenters. The highest BCUT2D eigenvalue weighted by Gasteiger charge is 2.55. The minimum absolute atomic E-state index is 0.113. The first kappa shape index (κ1) is 30.7. The van der Waals surface area contributed by atoms with E-state index in [4.69, 9.17) is 14.9 Å². The zero-order valence-electron chi connectivity index (χ0n) is 25.5. The van der Waals surface area contributed by atoms with Crippen LogP contribution >= 0.6 is 0 Å². The summed E-state index contributed by atoms with van der Waals surface area (Å²) < 4.78 is 11.5. The van der Waals surface area contributed by atoms with Gasteiger partial charge in [-0.1, -0.05) is 49.2 Å². The molecule has 5 rings (SSSR count). The Balaban J connectivity index is 1.24. The summed E-state index contributed by atoms with van der Waals surface area (Å²) in [5, 5.41) is 13.6. The number of nitrogens with one attached hydrogen (secondary N) is 3. The van der Waals surface area contributed by atoms with E-state index in [-0.39, 0.29) is 23.8 Å². The van der Waals surface area contributed by atoms with Gasteiger partial charge in [0.2, 0.25) is 11.8 Å². The molecule has 1 aliphatic heterocycles. The molecule has 9 heteroatoms. The summed E-state index contributed by atoms with van der Waals surface area (Å²) in [6.07, 6.45) is 7.53. The molecule has 0 spiro atoms. The Morgan fingerprint density at radius 1 is 0.977 bits per heavy atom. The Morgan fingerprint density at radius 2 is 1.65 bits per heavy atom. The lowest BCUT2D eigenvalue weighted by Gasteiger charge is -2.48. The van der Waals surface area contributed by atoms with Gasteiger partial charge in [-0.3, -0.25) is 14.9 Å². The lowest BCUT2D eigenvalue weighted by molar-refractivity contribution is -0.157. The lowest BCUT2D eigenvalue weighted by atomic mass is 9.62. The molecule has 3 fully saturated rings. The Kier molecular flexibility index (Phi) is 9.20. The van der Waals surface area contributed by atoms with E-state index in [2.05, 4.69) is 22.8 Å². The molecule has 230 valence electrons. The zero-order valence-corrected chi connectivity index (χ0v) is 25.5. The Bertz CT molecular complexity index is 1330. The van der Waals surface area contributed by atoms with E-state index in [9.17, 15) is 14.4 Å². The molecule has 2 saturated carbocycles. The van der Waals surface area contributed by atoms with Crippen molar-refractivity contribution in [3.63, 3.8) is 0 Å². The van der Waals surface area contributed by atoms with Crippen LogP contribution in [-0.4, -0.2) is 53.3 Å². The number of benzene rings is 2. The number of likely N-dealkylation sites (tertiary alicyclic amines) is 1. The van der Waals surface area contributed by atoms with Crippen molar-refractivity contribution < 1.29 is 23.9 Å². The summed E-state index contributed by atoms with van der Waals surface area (Å²) in [6.45, 7) is 6.47. The number of nitrogens with zero attached hydrogens (tertiary/aromatic N) is 1. The van der Waals surface area contributed by atoms with Crippen LogP contribution in [0.3, 0.4) is 0 Å². The lowest BCUT2D eigenvalue weighted by Crippen LogP contribution is -2.54. The summed E-state index contributed by atoms with van der Waals surface area (Å²) in [6, 6.07) is 14.6. The SMILES string of the molecule is CC(C)(C)OC(=O)Nc1cccc(NC(=O)[C@H]2CCCN2C(=O)C2(C3CC(OCc4ccccc4)C3)CCCC2)c1C=N. The Hall–Kier alpha value is -3.72. The third-order valence-corrected chi connectivity index (χ3v) is 9.09. The fourth-order valence-electron chi connectivity index (χ4n) is 6.88. The van der Waals surface area contributed by atoms with Gasteiger partial charge in [0, 0.05) is 18.3 Å². The molecule has 0 unspecified atom stereocenters. The van der Waals surface area contributed by atoms with Gasteiger partial charge in [0.25, 0.3) is 0 Å². The standard InChI is InChI=1S/C34H44N4O5/c1-33(2,3)43-32(41)37-28-14-9-13-27(26(28)21-35)36-30(39)29-15-10-18-38(29)31(40)34(16-7-8-17-34)24-19-25(20-24)42-22-23-11-5-4-6-12-23/h4-6,9,11-14,21,24-25,29,35H,7-8,10,15-20,22H2,1-3H3,(H,36,39)(H,37,41)/t24?,25?,29-/m1/s1. The van der Waals surface area contributed by atoms with Gasteiger partial charge in [-0.15, -0.1) is 0 Å². The van der Waals surface area contributed by atoms with Crippen LogP contribution in [0.25, 0.3) is 0 Å². The van der Waals surface area contributed by atoms with E-state index in [1.54, 1.807) is 39.0 Å². The first-order chi connectivity index (χ1) is 20.6. The Labute approximate surface area is 254 Å². The van der Waals surface area contributed by atoms with Crippen molar-refractivity contribution in [3.05, 3.63) is 59.7 Å². The molecular formula is C34H44N4O5. The van der Waals surface area contributed by atoms with E-state index < -0.39 is 23.2 Å². The molecule has 0 bridgehead atoms. The number of hydrogen-bond acceptors (Lipinski definition) is 6. The second-order valence-electron chi connectivity index (χ2n) is 13.1. The van der Waals surface area contributed by atoms with Crippen LogP contribution in [0.5, 0.6) is 0 Å². The van der Waals surface area contributed by atoms with Gasteiger partial charge in [-0.2, -0.15) is 0 Å². The van der Waals surface area contributed by atoms with Crippen molar-refractivity contribution in [2.75, 3.05) is 17.2 Å². The van der Waals surface area contributed by atoms with Crippen LogP contribution in [0.2, 0.25) is 0 Å². The maximum atomic E-state index is 14.3. The number of rotatable bonds is 9. The van der Waals surface area contributed by atoms with Gasteiger partial charge in [0.1, 0.15) is 11.6 Å². The summed E-state index contributed by atoms with van der Waals surface area (Å²) >= 11 is 0. The van der Waals surface area contributed by atoms with Gasteiger partial charge < -0.3 is 25.1 Å². The Morgan fingerprint density at radius 3 is 2.30 bits per heavy atom. The second-order valence-corrected chi connectivity index (χ2v) is 13.1. The third kappa shape index (κ3) is 6.93. The topological polar surface area (TPSA) is 121 Å². The highest BCUT2D eigenvalue weighted by Crippen LogP contribution is 2.54. The van der Waals surface area contributed by atoms with E-state index >= 15 is 0 Å². The van der Waals surface area contributed by atoms with Crippen molar-refractivity contribution in [1.29, 1.82) is 5.41 Å². The van der Waals surface area contributed by atoms with Crippen LogP contribution in [0.15, 0.2) is 48.5 Å². The predicted molar refractivity (Wildman–Crippen MR) is 166 cm³/mol. The van der Waals surface area contributed by atoms with Crippen molar-refractivity contribution in [2.24, 2.45) is 11.3 Å². The number of anilines is 2. The van der Waals surface area contributed by atoms with Gasteiger partial charge in [-0.05, 0) is 82.9 Å². The molecule has 0 radical (unpaired) electrons. The minimum atomic E-state index is -0.675. The molecule has 1 heterocycles. The van der Waals surface area contributed by atoms with Crippen LogP contribution < -0.4 is 10.6 Å². The molecule has 43 heavy (non-hydrogen) atoms. The molecule has 3 amide bonds. The normalized spacial score (nSPS) is 22.9. The molecule has 0 aromatic heterocycles. The van der Waals surface area contributed by atoms with Gasteiger partial charge in [0.15, 0.2) is 0 Å². The monoisotopic (exact) mass is 588 g/mol. The van der Waals surface area contributed by atoms with Crippen molar-refractivity contribution in [3.8, 4) is 0 Å². The largest absolute Gasteiger partial charge is 0.444 e. The number of carbonyl (C=O) groups excluding carboxylic acids is 3.